The van der Waals surface area contributed by atoms with Gasteiger partial charge >= 0.3 is 0 Å². The molecule has 0 saturated carbocycles. The van der Waals surface area contributed by atoms with Crippen molar-refractivity contribution in [3.05, 3.63) is 84.0 Å². The molecule has 1 atom stereocenters. The third kappa shape index (κ3) is 11.0. The van der Waals surface area contributed by atoms with Gasteiger partial charge in [0.05, 0.1) is 0 Å². The number of nitrogens with zero attached hydrogens (tertiary/aromatic N) is 1. The molecule has 2 rings (SSSR count). The molecule has 1 aliphatic heterocycles. The molecule has 3 heteroatoms. The highest BCUT2D eigenvalue weighted by molar-refractivity contribution is 5.30. The Hall–Kier alpha value is -1.94. The number of fused-ring (bicyclic) bond motifs is 1. The van der Waals surface area contributed by atoms with Gasteiger partial charge in [0.25, 0.3) is 0 Å². The van der Waals surface area contributed by atoms with Crippen LogP contribution in [0, 0.1) is 0 Å². The van der Waals surface area contributed by atoms with Gasteiger partial charge in [-0.15, -0.1) is 0 Å². The zero-order chi connectivity index (χ0) is 21.3. The van der Waals surface area contributed by atoms with Crippen LogP contribution in [0.3, 0.4) is 0 Å². The molecule has 1 heterocycles. The lowest BCUT2D eigenvalue weighted by atomic mass is 9.96. The molecule has 0 amide bonds. The van der Waals surface area contributed by atoms with E-state index in [9.17, 15) is 0 Å². The molecule has 2 N–H and O–H groups in total. The average Bonchev–Trinajstić information content (AvgIpc) is 2.73. The fourth-order valence-corrected chi connectivity index (χ4v) is 3.16. The Bertz CT molecular complexity index is 658. The minimum absolute atomic E-state index is 0.535. The predicted octanol–water partition coefficient (Wildman–Crippen LogP) is 4.88. The van der Waals surface area contributed by atoms with E-state index < -0.39 is 0 Å². The molecular formula is C26H41N3. The average molecular weight is 396 g/mol. The maximum Gasteiger partial charge on any atom is 0.0238 e. The predicted molar refractivity (Wildman–Crippen MR) is 129 cm³/mol. The highest BCUT2D eigenvalue weighted by Crippen LogP contribution is 2.16. The van der Waals surface area contributed by atoms with Gasteiger partial charge in [0.15, 0.2) is 0 Å². The molecular weight excluding hydrogens is 354 g/mol. The van der Waals surface area contributed by atoms with E-state index in [1.807, 2.05) is 25.2 Å². The maximum absolute atomic E-state index is 3.85. The van der Waals surface area contributed by atoms with Crippen molar-refractivity contribution in [1.29, 1.82) is 0 Å². The SMILES string of the molecule is C=C/C(=C\C=C/C)CNC/C=C/CN(C)CC1Cc2ccccc2CN1.CCC. The summed E-state index contributed by atoms with van der Waals surface area (Å²) < 4.78 is 0. The second-order valence-electron chi connectivity index (χ2n) is 7.55. The molecule has 160 valence electrons. The Morgan fingerprint density at radius 2 is 1.97 bits per heavy atom. The monoisotopic (exact) mass is 395 g/mol. The topological polar surface area (TPSA) is 27.3 Å². The minimum atomic E-state index is 0.535. The Labute approximate surface area is 179 Å². The fourth-order valence-electron chi connectivity index (χ4n) is 3.16. The van der Waals surface area contributed by atoms with E-state index in [1.54, 1.807) is 0 Å². The Balaban J connectivity index is 0.00000132. The van der Waals surface area contributed by atoms with E-state index in [0.29, 0.717) is 6.04 Å². The molecule has 0 radical (unpaired) electrons. The van der Waals surface area contributed by atoms with Crippen molar-refractivity contribution in [2.24, 2.45) is 0 Å². The van der Waals surface area contributed by atoms with Crippen LogP contribution in [-0.4, -0.2) is 44.2 Å². The second kappa shape index (κ2) is 15.9. The molecule has 1 aromatic carbocycles. The number of allylic oxidation sites excluding steroid dienone is 3. The number of nitrogens with one attached hydrogen (secondary N) is 2. The number of likely N-dealkylation sites (N-methyl/N-ethyl adjacent to an activating group) is 1. The van der Waals surface area contributed by atoms with Crippen molar-refractivity contribution >= 4 is 0 Å². The standard InChI is InChI=1S/C23H33N3.C3H8/c1-4-6-11-20(5-2)17-24-14-9-10-15-26(3)19-23-16-21-12-7-8-13-22(21)18-25-23;1-3-2/h4-13,23-25H,2,14-19H2,1,3H3;3H2,1-2H3/b6-4-,10-9+,20-11+;. The Morgan fingerprint density at radius 3 is 2.66 bits per heavy atom. The van der Waals surface area contributed by atoms with Crippen molar-refractivity contribution in [1.82, 2.24) is 15.5 Å². The van der Waals surface area contributed by atoms with Gasteiger partial charge in [-0.05, 0) is 37.1 Å². The van der Waals surface area contributed by atoms with Crippen LogP contribution in [0.5, 0.6) is 0 Å². The highest BCUT2D eigenvalue weighted by Gasteiger charge is 2.18. The lowest BCUT2D eigenvalue weighted by molar-refractivity contribution is 0.303. The zero-order valence-corrected chi connectivity index (χ0v) is 19.0. The molecule has 0 saturated heterocycles. The van der Waals surface area contributed by atoms with Gasteiger partial charge in [-0.3, -0.25) is 0 Å². The summed E-state index contributed by atoms with van der Waals surface area (Å²) >= 11 is 0. The molecule has 3 nitrogen and oxygen atoms in total. The third-order valence-electron chi connectivity index (χ3n) is 4.64. The van der Waals surface area contributed by atoms with Crippen molar-refractivity contribution < 1.29 is 0 Å². The normalized spacial score (nSPS) is 16.7. The number of benzene rings is 1. The second-order valence-corrected chi connectivity index (χ2v) is 7.55. The maximum atomic E-state index is 3.85. The van der Waals surface area contributed by atoms with Gasteiger partial charge in [-0.1, -0.05) is 87.6 Å². The van der Waals surface area contributed by atoms with Crippen molar-refractivity contribution in [3.63, 3.8) is 0 Å². The van der Waals surface area contributed by atoms with Crippen molar-refractivity contribution in [2.45, 2.75) is 46.2 Å². The lowest BCUT2D eigenvalue weighted by Crippen LogP contribution is -2.43. The number of rotatable bonds is 10. The molecule has 1 unspecified atom stereocenters. The van der Waals surface area contributed by atoms with E-state index in [-0.39, 0.29) is 0 Å². The highest BCUT2D eigenvalue weighted by atomic mass is 15.1. The number of hydrogen-bond acceptors (Lipinski definition) is 3. The van der Waals surface area contributed by atoms with Crippen LogP contribution >= 0.6 is 0 Å². The molecule has 0 spiro atoms. The smallest absolute Gasteiger partial charge is 0.0238 e. The third-order valence-corrected chi connectivity index (χ3v) is 4.64. The summed E-state index contributed by atoms with van der Waals surface area (Å²) in [6.45, 7) is 14.9. The van der Waals surface area contributed by atoms with Crippen LogP contribution in [0.2, 0.25) is 0 Å². The van der Waals surface area contributed by atoms with E-state index in [0.717, 1.165) is 39.1 Å². The van der Waals surface area contributed by atoms with Crippen LogP contribution < -0.4 is 10.6 Å². The van der Waals surface area contributed by atoms with Gasteiger partial charge in [0, 0.05) is 38.8 Å². The Kier molecular flexibility index (Phi) is 13.8. The van der Waals surface area contributed by atoms with E-state index >= 15 is 0 Å². The van der Waals surface area contributed by atoms with Crippen molar-refractivity contribution in [3.8, 4) is 0 Å². The van der Waals surface area contributed by atoms with Crippen LogP contribution in [-0.2, 0) is 13.0 Å². The fraction of sp³-hybridized carbons (Fsp3) is 0.462. The van der Waals surface area contributed by atoms with Crippen LogP contribution in [0.1, 0.15) is 38.3 Å². The molecule has 0 aromatic heterocycles. The van der Waals surface area contributed by atoms with Crippen molar-refractivity contribution in [2.75, 3.05) is 33.2 Å². The number of hydrogen-bond donors (Lipinski definition) is 2. The molecule has 1 aromatic rings. The van der Waals surface area contributed by atoms with Crippen LogP contribution in [0.15, 0.2) is 72.9 Å². The molecule has 0 aliphatic carbocycles. The summed E-state index contributed by atoms with van der Waals surface area (Å²) in [5.41, 5.74) is 4.14. The summed E-state index contributed by atoms with van der Waals surface area (Å²) in [7, 11) is 2.19. The summed E-state index contributed by atoms with van der Waals surface area (Å²) in [4.78, 5) is 2.38. The first-order valence-corrected chi connectivity index (χ1v) is 10.9. The summed E-state index contributed by atoms with van der Waals surface area (Å²) in [5, 5.41) is 7.07. The van der Waals surface area contributed by atoms with Gasteiger partial charge < -0.3 is 15.5 Å². The summed E-state index contributed by atoms with van der Waals surface area (Å²) in [6, 6.07) is 9.29. The van der Waals surface area contributed by atoms with Gasteiger partial charge in [-0.25, -0.2) is 0 Å². The molecule has 0 bridgehead atoms. The first-order chi connectivity index (χ1) is 14.1. The van der Waals surface area contributed by atoms with Crippen LogP contribution in [0.4, 0.5) is 0 Å². The lowest BCUT2D eigenvalue weighted by Gasteiger charge is -2.29. The largest absolute Gasteiger partial charge is 0.309 e. The van der Waals surface area contributed by atoms with E-state index in [1.165, 1.54) is 23.1 Å². The first kappa shape index (κ1) is 25.1. The zero-order valence-electron chi connectivity index (χ0n) is 19.0. The molecule has 1 aliphatic rings. The van der Waals surface area contributed by atoms with Gasteiger partial charge in [-0.2, -0.15) is 0 Å². The quantitative estimate of drug-likeness (QED) is 0.336. The molecule has 29 heavy (non-hydrogen) atoms. The molecule has 0 fully saturated rings. The summed E-state index contributed by atoms with van der Waals surface area (Å²) in [6.07, 6.45) is 14.9. The first-order valence-electron chi connectivity index (χ1n) is 10.9. The van der Waals surface area contributed by atoms with E-state index in [2.05, 4.69) is 85.5 Å². The summed E-state index contributed by atoms with van der Waals surface area (Å²) in [5.74, 6) is 0. The van der Waals surface area contributed by atoms with E-state index in [4.69, 9.17) is 0 Å². The van der Waals surface area contributed by atoms with Gasteiger partial charge in [0.2, 0.25) is 0 Å². The Morgan fingerprint density at radius 1 is 1.24 bits per heavy atom. The minimum Gasteiger partial charge on any atom is -0.309 e. The van der Waals surface area contributed by atoms with Crippen LogP contribution in [0.25, 0.3) is 0 Å². The van der Waals surface area contributed by atoms with Gasteiger partial charge in [0.1, 0.15) is 0 Å².